The molecule has 0 aliphatic heterocycles. The van der Waals surface area contributed by atoms with Crippen LogP contribution in [-0.4, -0.2) is 0 Å². The maximum absolute atomic E-state index is 13.2. The van der Waals surface area contributed by atoms with Crippen molar-refractivity contribution >= 4 is 152 Å². The average molecular weight is 1360 g/mol. The van der Waals surface area contributed by atoms with E-state index in [0.29, 0.717) is 36.9 Å². The first-order valence-electron chi connectivity index (χ1n) is 28.4. The SMILES string of the molecule is CC.CC.CC.CC.CC.CC.CC(C)(C)c1cc(Cl)c2sccc2c1.Cc1c(F)c(F)c(F)c2ccsc12.Cc1c(F)c(F)cc2ccsc12.Cc1c(F)cc(F)c2ccsc12.Cc1cc(F)c(F)c2ccsc12.Cc1cc2ccsc2c(Cl)c1F. The molecule has 12 aromatic rings. The Morgan fingerprint density at radius 1 is 0.310 bits per heavy atom. The summed E-state index contributed by atoms with van der Waals surface area (Å²) in [7, 11) is 0. The third-order valence-electron chi connectivity index (χ3n) is 11.7. The van der Waals surface area contributed by atoms with Gasteiger partial charge in [0.1, 0.15) is 17.5 Å². The van der Waals surface area contributed by atoms with E-state index in [4.69, 9.17) is 23.2 Å². The summed E-state index contributed by atoms with van der Waals surface area (Å²) in [6.45, 7) is 38.8. The number of benzene rings is 6. The van der Waals surface area contributed by atoms with Gasteiger partial charge in [-0.1, -0.05) is 127 Å². The predicted octanol–water partition coefficient (Wildman–Crippen LogP) is 29.1. The van der Waals surface area contributed by atoms with Crippen molar-refractivity contribution in [2.24, 2.45) is 0 Å². The summed E-state index contributed by atoms with van der Waals surface area (Å²) in [5.74, 6) is -7.82. The van der Waals surface area contributed by atoms with Crippen LogP contribution >= 0.6 is 91.2 Å². The molecule has 6 aromatic heterocycles. The smallest absolute Gasteiger partial charge is 0.195 e. The van der Waals surface area contributed by atoms with E-state index in [-0.39, 0.29) is 27.2 Å². The van der Waals surface area contributed by atoms with E-state index in [1.807, 2.05) is 106 Å². The molecule has 0 saturated heterocycles. The summed E-state index contributed by atoms with van der Waals surface area (Å²) in [6.07, 6.45) is 0. The van der Waals surface area contributed by atoms with Crippen LogP contribution in [0.2, 0.25) is 10.0 Å². The third-order valence-corrected chi connectivity index (χ3v) is 18.6. The van der Waals surface area contributed by atoms with Crippen LogP contribution in [0.3, 0.4) is 0 Å². The van der Waals surface area contributed by atoms with E-state index in [1.54, 1.807) is 73.4 Å². The molecule has 87 heavy (non-hydrogen) atoms. The van der Waals surface area contributed by atoms with Crippen molar-refractivity contribution in [3.63, 3.8) is 0 Å². The second-order valence-electron chi connectivity index (χ2n) is 17.9. The average Bonchev–Trinajstić information content (AvgIpc) is 3.52. The highest BCUT2D eigenvalue weighted by molar-refractivity contribution is 7.19. The number of hydrogen-bond donors (Lipinski definition) is 0. The Balaban J connectivity index is 0.000000504. The number of thiophene rings is 6. The van der Waals surface area contributed by atoms with E-state index in [1.165, 1.54) is 97.5 Å². The van der Waals surface area contributed by atoms with Crippen LogP contribution in [0.15, 0.2) is 105 Å². The molecular weight excluding hydrogens is 1280 g/mol. The molecule has 0 atom stereocenters. The van der Waals surface area contributed by atoms with Crippen molar-refractivity contribution in [1.82, 2.24) is 0 Å². The van der Waals surface area contributed by atoms with Gasteiger partial charge in [-0.25, -0.2) is 43.9 Å². The fourth-order valence-corrected chi connectivity index (χ4v) is 13.4. The zero-order valence-corrected chi connectivity index (χ0v) is 59.3. The Morgan fingerprint density at radius 3 is 1.24 bits per heavy atom. The summed E-state index contributed by atoms with van der Waals surface area (Å²) < 4.78 is 135. The topological polar surface area (TPSA) is 0 Å². The van der Waals surface area contributed by atoms with E-state index >= 15 is 0 Å². The minimum absolute atomic E-state index is 0.154. The van der Waals surface area contributed by atoms with Gasteiger partial charge >= 0.3 is 0 Å². The van der Waals surface area contributed by atoms with Gasteiger partial charge < -0.3 is 0 Å². The van der Waals surface area contributed by atoms with Gasteiger partial charge in [0.05, 0.1) is 19.4 Å². The molecule has 0 radical (unpaired) electrons. The van der Waals surface area contributed by atoms with Crippen LogP contribution in [0.25, 0.3) is 60.5 Å². The van der Waals surface area contributed by atoms with Crippen LogP contribution < -0.4 is 0 Å². The zero-order valence-electron chi connectivity index (χ0n) is 52.9. The number of fused-ring (bicyclic) bond motifs is 6. The summed E-state index contributed by atoms with van der Waals surface area (Å²) in [5, 5.41) is 16.2. The van der Waals surface area contributed by atoms with Gasteiger partial charge in [-0.3, -0.25) is 0 Å². The predicted molar refractivity (Wildman–Crippen MR) is 371 cm³/mol. The zero-order chi connectivity index (χ0) is 66.8. The second kappa shape index (κ2) is 39.2. The molecular formula is C69H78Cl2F10S6. The maximum Gasteiger partial charge on any atom is 0.195 e. The van der Waals surface area contributed by atoms with E-state index in [2.05, 4.69) is 44.4 Å². The number of rotatable bonds is 0. The lowest BCUT2D eigenvalue weighted by Gasteiger charge is -2.19. The fourth-order valence-electron chi connectivity index (χ4n) is 7.55. The standard InChI is InChI=1S/C12H13ClS.C9H6ClFS.C9H5F3S.3C9H6F2S.6C2H6/c1-12(2,3)9-6-8-4-5-14-11(8)10(13)7-9;1-5-4-6-2-3-12-9(6)7(10)8(5)11;1-4-6(10)8(12)7(11)5-2-3-13-9(4)5;1-5-7(10)4-8(11)6-2-3-12-9(5)6;1-5-8(11)7(10)4-6-2-3-12-9(5)6;1-5-4-7(10)8(11)6-2-3-12-9(5)6;6*1-2/h4-7H,1-3H3;2-4H,1H3;2-3H,1H3;3*2-4H,1H3;6*1-2H3. The van der Waals surface area contributed by atoms with Gasteiger partial charge in [0.25, 0.3) is 0 Å². The molecule has 0 N–H and O–H groups in total. The highest BCUT2D eigenvalue weighted by Crippen LogP contribution is 2.37. The molecule has 474 valence electrons. The number of halogens is 12. The van der Waals surface area contributed by atoms with Crippen molar-refractivity contribution in [2.75, 3.05) is 0 Å². The van der Waals surface area contributed by atoms with Gasteiger partial charge in [-0.15, -0.1) is 68.0 Å². The minimum atomic E-state index is -1.39. The van der Waals surface area contributed by atoms with Crippen molar-refractivity contribution < 1.29 is 43.9 Å². The van der Waals surface area contributed by atoms with E-state index < -0.39 is 52.4 Å². The molecule has 0 amide bonds. The van der Waals surface area contributed by atoms with E-state index in [0.717, 1.165) is 41.5 Å². The highest BCUT2D eigenvalue weighted by atomic mass is 35.5. The van der Waals surface area contributed by atoms with Crippen molar-refractivity contribution in [1.29, 1.82) is 0 Å². The Hall–Kier alpha value is -5.04. The molecule has 0 spiro atoms. The monoisotopic (exact) mass is 1360 g/mol. The molecule has 0 unspecified atom stereocenters. The number of hydrogen-bond acceptors (Lipinski definition) is 6. The highest BCUT2D eigenvalue weighted by Gasteiger charge is 2.19. The van der Waals surface area contributed by atoms with Crippen molar-refractivity contribution in [3.05, 3.63) is 207 Å². The summed E-state index contributed by atoms with van der Waals surface area (Å²) in [4.78, 5) is 0. The van der Waals surface area contributed by atoms with Crippen LogP contribution in [0, 0.1) is 92.8 Å². The second-order valence-corrected chi connectivity index (χ2v) is 24.1. The van der Waals surface area contributed by atoms with Gasteiger partial charge in [0.15, 0.2) is 40.7 Å². The Kier molecular flexibility index (Phi) is 36.0. The van der Waals surface area contributed by atoms with Crippen molar-refractivity contribution in [3.8, 4) is 0 Å². The van der Waals surface area contributed by atoms with Crippen LogP contribution in [-0.2, 0) is 5.41 Å². The molecule has 6 aromatic carbocycles. The normalized spacial score (nSPS) is 10.1. The lowest BCUT2D eigenvalue weighted by atomic mass is 9.86. The first-order chi connectivity index (χ1) is 41.4. The van der Waals surface area contributed by atoms with Crippen LogP contribution in [0.5, 0.6) is 0 Å². The quantitative estimate of drug-likeness (QED) is 0.105. The molecule has 0 fully saturated rings. The Bertz CT molecular complexity index is 3800. The van der Waals surface area contributed by atoms with Gasteiger partial charge in [-0.2, -0.15) is 0 Å². The Morgan fingerprint density at radius 2 is 0.713 bits per heavy atom. The van der Waals surface area contributed by atoms with E-state index in [9.17, 15) is 43.9 Å². The fraction of sp³-hybridized carbons (Fsp3) is 0.304. The third kappa shape index (κ3) is 20.5. The molecule has 0 saturated carbocycles. The van der Waals surface area contributed by atoms with Gasteiger partial charge in [0, 0.05) is 57.7 Å². The molecule has 0 aliphatic carbocycles. The molecule has 0 bridgehead atoms. The van der Waals surface area contributed by atoms with Crippen molar-refractivity contribution in [2.45, 2.75) is 144 Å². The molecule has 0 aliphatic rings. The minimum Gasteiger partial charge on any atom is -0.207 e. The van der Waals surface area contributed by atoms with Gasteiger partial charge in [0.2, 0.25) is 0 Å². The first-order valence-corrected chi connectivity index (χ1v) is 34.4. The largest absolute Gasteiger partial charge is 0.207 e. The first kappa shape index (κ1) is 80.0. The molecule has 0 nitrogen and oxygen atoms in total. The summed E-state index contributed by atoms with van der Waals surface area (Å²) in [5.41, 5.74) is 3.96. The lowest BCUT2D eigenvalue weighted by molar-refractivity contribution is 0.450. The lowest BCUT2D eigenvalue weighted by Crippen LogP contribution is -2.10. The maximum atomic E-state index is 13.2. The molecule has 6 heterocycles. The summed E-state index contributed by atoms with van der Waals surface area (Å²) in [6, 6.07) is 20.1. The Labute approximate surface area is 542 Å². The van der Waals surface area contributed by atoms with Crippen LogP contribution in [0.1, 0.15) is 137 Å². The molecule has 18 heteroatoms. The van der Waals surface area contributed by atoms with Gasteiger partial charge in [-0.05, 0) is 172 Å². The molecule has 12 rings (SSSR count). The van der Waals surface area contributed by atoms with Crippen LogP contribution in [0.4, 0.5) is 43.9 Å². The number of aryl methyl sites for hydroxylation is 5. The summed E-state index contributed by atoms with van der Waals surface area (Å²) >= 11 is 20.6.